The molecule has 1 aromatic rings. The van der Waals surface area contributed by atoms with Crippen LogP contribution in [0, 0.1) is 18.3 Å². The highest BCUT2D eigenvalue weighted by atomic mass is 32.2. The van der Waals surface area contributed by atoms with Gasteiger partial charge < -0.3 is 4.42 Å². The molecule has 2 aliphatic carbocycles. The average Bonchev–Trinajstić information content (AvgIpc) is 3.10. The number of hydrogen-bond donors (Lipinski definition) is 1. The topological polar surface area (TPSA) is 94.2 Å². The van der Waals surface area contributed by atoms with Gasteiger partial charge in [0.2, 0.25) is 15.9 Å². The summed E-state index contributed by atoms with van der Waals surface area (Å²) in [6.45, 7) is 2.10. The van der Waals surface area contributed by atoms with Gasteiger partial charge in [-0.2, -0.15) is 4.68 Å². The van der Waals surface area contributed by atoms with E-state index in [0.29, 0.717) is 6.54 Å². The quantitative estimate of drug-likeness (QED) is 0.831. The average molecular weight is 315 g/mol. The monoisotopic (exact) mass is 315 g/mol. The molecule has 0 saturated heterocycles. The lowest BCUT2D eigenvalue weighted by Crippen LogP contribution is -2.37. The molecule has 0 spiro atoms. The molecule has 0 aromatic carbocycles. The third kappa shape index (κ3) is 3.21. The molecule has 1 N–H and O–H groups in total. The van der Waals surface area contributed by atoms with Crippen LogP contribution in [0.3, 0.4) is 0 Å². The predicted molar refractivity (Wildman–Crippen MR) is 76.3 cm³/mol. The maximum absolute atomic E-state index is 12.1. The molecular formula is C13H21N3O4S. The first-order chi connectivity index (χ1) is 9.88. The number of aromatic nitrogens is 2. The third-order valence-electron chi connectivity index (χ3n) is 4.83. The number of aryl methyl sites for hydroxylation is 2. The SMILES string of the molecule is Cc1nn(CCS(=O)(=O)NCC23CCC(CC2)C3)c(=O)o1. The molecule has 7 nitrogen and oxygen atoms in total. The Balaban J connectivity index is 1.55. The molecule has 8 heteroatoms. The molecule has 2 aliphatic rings. The second kappa shape index (κ2) is 5.24. The predicted octanol–water partition coefficient (Wildman–Crippen LogP) is 0.644. The zero-order chi connectivity index (χ0) is 15.1. The molecule has 1 aromatic heterocycles. The minimum Gasteiger partial charge on any atom is -0.393 e. The first-order valence-electron chi connectivity index (χ1n) is 7.39. The molecule has 0 radical (unpaired) electrons. The van der Waals surface area contributed by atoms with E-state index in [0.717, 1.165) is 29.9 Å². The van der Waals surface area contributed by atoms with Gasteiger partial charge in [0.25, 0.3) is 0 Å². The minimum absolute atomic E-state index is 0.0150. The highest BCUT2D eigenvalue weighted by Gasteiger charge is 2.44. The molecule has 2 saturated carbocycles. The van der Waals surface area contributed by atoms with Gasteiger partial charge in [-0.15, -0.1) is 5.10 Å². The van der Waals surface area contributed by atoms with Crippen LogP contribution in [0.4, 0.5) is 0 Å². The molecule has 3 rings (SSSR count). The Kier molecular flexibility index (Phi) is 3.69. The molecule has 21 heavy (non-hydrogen) atoms. The molecule has 118 valence electrons. The van der Waals surface area contributed by atoms with Gasteiger partial charge in [0.05, 0.1) is 12.3 Å². The second-order valence-corrected chi connectivity index (χ2v) is 8.32. The van der Waals surface area contributed by atoms with Gasteiger partial charge in [-0.3, -0.25) is 0 Å². The maximum Gasteiger partial charge on any atom is 0.437 e. The van der Waals surface area contributed by atoms with Crippen molar-refractivity contribution in [3.8, 4) is 0 Å². The largest absolute Gasteiger partial charge is 0.437 e. The molecule has 0 unspecified atom stereocenters. The smallest absolute Gasteiger partial charge is 0.393 e. The zero-order valence-corrected chi connectivity index (χ0v) is 13.0. The third-order valence-corrected chi connectivity index (χ3v) is 6.14. The van der Waals surface area contributed by atoms with E-state index in [1.54, 1.807) is 6.92 Å². The van der Waals surface area contributed by atoms with Crippen LogP contribution in [0.1, 0.15) is 38.0 Å². The van der Waals surface area contributed by atoms with E-state index in [4.69, 9.17) is 4.42 Å². The second-order valence-electron chi connectivity index (χ2n) is 6.40. The first-order valence-corrected chi connectivity index (χ1v) is 9.05. The maximum atomic E-state index is 12.1. The number of fused-ring (bicyclic) bond motifs is 2. The van der Waals surface area contributed by atoms with Crippen LogP contribution in [0.15, 0.2) is 9.21 Å². The van der Waals surface area contributed by atoms with Crippen molar-refractivity contribution in [3.05, 3.63) is 16.4 Å². The Bertz CT molecular complexity index is 668. The Morgan fingerprint density at radius 2 is 2.14 bits per heavy atom. The highest BCUT2D eigenvalue weighted by Crippen LogP contribution is 2.53. The van der Waals surface area contributed by atoms with Crippen molar-refractivity contribution in [3.63, 3.8) is 0 Å². The summed E-state index contributed by atoms with van der Waals surface area (Å²) in [6.07, 6.45) is 5.87. The fourth-order valence-corrected chi connectivity index (χ4v) is 4.74. The van der Waals surface area contributed by atoms with Crippen LogP contribution < -0.4 is 10.5 Å². The lowest BCUT2D eigenvalue weighted by Gasteiger charge is -2.26. The highest BCUT2D eigenvalue weighted by molar-refractivity contribution is 7.89. The first kappa shape index (κ1) is 14.8. The normalized spacial score (nSPS) is 28.3. The van der Waals surface area contributed by atoms with Gasteiger partial charge in [0.15, 0.2) is 0 Å². The summed E-state index contributed by atoms with van der Waals surface area (Å²) >= 11 is 0. The van der Waals surface area contributed by atoms with Crippen LogP contribution >= 0.6 is 0 Å². The molecule has 0 aliphatic heterocycles. The van der Waals surface area contributed by atoms with E-state index in [1.807, 2.05) is 0 Å². The molecule has 0 atom stereocenters. The van der Waals surface area contributed by atoms with Crippen molar-refractivity contribution in [2.75, 3.05) is 12.3 Å². The Morgan fingerprint density at radius 1 is 1.43 bits per heavy atom. The number of sulfonamides is 1. The van der Waals surface area contributed by atoms with Gasteiger partial charge in [-0.1, -0.05) is 0 Å². The fourth-order valence-electron chi connectivity index (χ4n) is 3.65. The van der Waals surface area contributed by atoms with Crippen molar-refractivity contribution in [1.82, 2.24) is 14.5 Å². The minimum atomic E-state index is -3.40. The van der Waals surface area contributed by atoms with Gasteiger partial charge in [-0.25, -0.2) is 17.9 Å². The van der Waals surface area contributed by atoms with E-state index >= 15 is 0 Å². The van der Waals surface area contributed by atoms with Crippen LogP contribution in [0.5, 0.6) is 0 Å². The van der Waals surface area contributed by atoms with E-state index in [9.17, 15) is 13.2 Å². The van der Waals surface area contributed by atoms with E-state index in [1.165, 1.54) is 12.8 Å². The van der Waals surface area contributed by atoms with Crippen LogP contribution in [0.25, 0.3) is 0 Å². The lowest BCUT2D eigenvalue weighted by molar-refractivity contribution is 0.296. The standard InChI is InChI=1S/C13H21N3O4S/c1-10-15-16(12(17)20-10)6-7-21(18,19)14-9-13-4-2-11(8-13)3-5-13/h11,14H,2-9H2,1H3. The fraction of sp³-hybridized carbons (Fsp3) is 0.846. The lowest BCUT2D eigenvalue weighted by atomic mass is 9.85. The molecule has 0 amide bonds. The molecule has 1 heterocycles. The Hall–Kier alpha value is -1.15. The van der Waals surface area contributed by atoms with Crippen molar-refractivity contribution in [1.29, 1.82) is 0 Å². The number of nitrogens with zero attached hydrogens (tertiary/aromatic N) is 2. The van der Waals surface area contributed by atoms with E-state index in [2.05, 4.69) is 9.82 Å². The molecular weight excluding hydrogens is 294 g/mol. The Morgan fingerprint density at radius 3 is 2.67 bits per heavy atom. The Labute approximate surface area is 123 Å². The van der Waals surface area contributed by atoms with Crippen molar-refractivity contribution in [2.24, 2.45) is 11.3 Å². The molecule has 2 bridgehead atoms. The van der Waals surface area contributed by atoms with Crippen molar-refractivity contribution >= 4 is 10.0 Å². The van der Waals surface area contributed by atoms with Gasteiger partial charge in [0.1, 0.15) is 0 Å². The number of rotatable bonds is 6. The van der Waals surface area contributed by atoms with E-state index < -0.39 is 15.8 Å². The summed E-state index contributed by atoms with van der Waals surface area (Å²) in [7, 11) is -3.40. The van der Waals surface area contributed by atoms with Gasteiger partial charge in [-0.05, 0) is 43.4 Å². The summed E-state index contributed by atoms with van der Waals surface area (Å²) in [5.74, 6) is 0.271. The van der Waals surface area contributed by atoms with Crippen LogP contribution in [0.2, 0.25) is 0 Å². The van der Waals surface area contributed by atoms with Gasteiger partial charge >= 0.3 is 5.76 Å². The van der Waals surface area contributed by atoms with Crippen molar-refractivity contribution in [2.45, 2.75) is 45.6 Å². The molecule has 2 fully saturated rings. The summed E-state index contributed by atoms with van der Waals surface area (Å²) in [5.41, 5.74) is 0.180. The summed E-state index contributed by atoms with van der Waals surface area (Å²) in [4.78, 5) is 11.3. The van der Waals surface area contributed by atoms with Crippen LogP contribution in [-0.4, -0.2) is 30.5 Å². The van der Waals surface area contributed by atoms with Gasteiger partial charge in [0, 0.05) is 13.5 Å². The summed E-state index contributed by atoms with van der Waals surface area (Å²) in [6, 6.07) is 0. The summed E-state index contributed by atoms with van der Waals surface area (Å²) < 4.78 is 32.6. The van der Waals surface area contributed by atoms with E-state index in [-0.39, 0.29) is 23.6 Å². The number of hydrogen-bond acceptors (Lipinski definition) is 5. The van der Waals surface area contributed by atoms with Crippen LogP contribution in [-0.2, 0) is 16.6 Å². The zero-order valence-electron chi connectivity index (χ0n) is 12.2. The van der Waals surface area contributed by atoms with Crippen molar-refractivity contribution < 1.29 is 12.8 Å². The summed E-state index contributed by atoms with van der Waals surface area (Å²) in [5, 5.41) is 3.83. The number of nitrogens with one attached hydrogen (secondary N) is 1.